The van der Waals surface area contributed by atoms with Gasteiger partial charge in [0.1, 0.15) is 0 Å². The third-order valence-corrected chi connectivity index (χ3v) is 9.60. The van der Waals surface area contributed by atoms with Gasteiger partial charge < -0.3 is 9.40 Å². The molecule has 0 saturated carbocycles. The van der Waals surface area contributed by atoms with E-state index < -0.39 is 0 Å². The van der Waals surface area contributed by atoms with Gasteiger partial charge in [0.2, 0.25) is 0 Å². The molecular formula is C47H35IrN3O-2. The molecule has 0 amide bonds. The summed E-state index contributed by atoms with van der Waals surface area (Å²) in [6.45, 7) is 8.41. The van der Waals surface area contributed by atoms with Crippen LogP contribution in [0.25, 0.3) is 77.4 Å². The van der Waals surface area contributed by atoms with Gasteiger partial charge in [-0.25, -0.2) is 0 Å². The molecule has 0 bridgehead atoms. The van der Waals surface area contributed by atoms with E-state index in [1.165, 1.54) is 44.2 Å². The first-order valence-electron chi connectivity index (χ1n) is 17.1. The normalized spacial score (nSPS) is 10.9. The molecule has 1 radical (unpaired) electrons. The Hall–Kier alpha value is -5.74. The van der Waals surface area contributed by atoms with E-state index in [0.29, 0.717) is 0 Å². The van der Waals surface area contributed by atoms with E-state index in [0.717, 1.165) is 55.5 Å². The predicted octanol–water partition coefficient (Wildman–Crippen LogP) is 12.1. The molecule has 9 rings (SSSR count). The maximum atomic E-state index is 5.71. The molecule has 0 N–H and O–H groups in total. The standard InChI is InChI=1S/C32H19N2O.C15H16N.Ir/c1-2-6-21(7-3-1)22-10-11-24-19-25(13-12-23(24)18-22)27-8-4-15-33-30(27)29-20-26-14-17-35-32(26)31-28(29)9-5-16-34-31;1-10-5-6-14(7-11(10)2)15-8-12(3)13(4)9-16-15;/h1-19H;5,7-9H,1-4H3;/q2*-1;. The van der Waals surface area contributed by atoms with Crippen molar-refractivity contribution >= 4 is 32.6 Å². The van der Waals surface area contributed by atoms with Gasteiger partial charge in [0.05, 0.1) is 5.58 Å². The van der Waals surface area contributed by atoms with Crippen LogP contribution in [0.5, 0.6) is 0 Å². The van der Waals surface area contributed by atoms with Gasteiger partial charge in [0, 0.05) is 56.2 Å². The molecule has 0 spiro atoms. The fraction of sp³-hybridized carbons (Fsp3) is 0.0851. The van der Waals surface area contributed by atoms with Crippen LogP contribution in [-0.2, 0) is 20.1 Å². The molecule has 52 heavy (non-hydrogen) atoms. The van der Waals surface area contributed by atoms with Crippen molar-refractivity contribution in [1.29, 1.82) is 0 Å². The number of fused-ring (bicyclic) bond motifs is 4. The molecule has 0 aliphatic rings. The van der Waals surface area contributed by atoms with Gasteiger partial charge in [0.25, 0.3) is 0 Å². The molecule has 0 aliphatic heterocycles. The third kappa shape index (κ3) is 6.81. The summed E-state index contributed by atoms with van der Waals surface area (Å²) in [6.07, 6.45) is 7.24. The Morgan fingerprint density at radius 1 is 0.596 bits per heavy atom. The maximum Gasteiger partial charge on any atom is 0.0847 e. The Morgan fingerprint density at radius 3 is 2.12 bits per heavy atom. The van der Waals surface area contributed by atoms with Gasteiger partial charge in [-0.2, -0.15) is 0 Å². The number of hydrogen-bond donors (Lipinski definition) is 0. The summed E-state index contributed by atoms with van der Waals surface area (Å²) in [6, 6.07) is 46.9. The number of hydrogen-bond acceptors (Lipinski definition) is 4. The average molecular weight is 850 g/mol. The minimum absolute atomic E-state index is 0. The van der Waals surface area contributed by atoms with Crippen LogP contribution in [0.1, 0.15) is 22.3 Å². The zero-order chi connectivity index (χ0) is 34.9. The van der Waals surface area contributed by atoms with Crippen LogP contribution >= 0.6 is 0 Å². The quantitative estimate of drug-likeness (QED) is 0.166. The van der Waals surface area contributed by atoms with Crippen molar-refractivity contribution in [3.63, 3.8) is 0 Å². The number of benzene rings is 5. The first-order chi connectivity index (χ1) is 24.9. The Kier molecular flexibility index (Phi) is 9.91. The largest absolute Gasteiger partial charge is 0.506 e. The van der Waals surface area contributed by atoms with Crippen molar-refractivity contribution in [2.75, 3.05) is 0 Å². The Morgan fingerprint density at radius 2 is 1.33 bits per heavy atom. The summed E-state index contributed by atoms with van der Waals surface area (Å²) in [5.74, 6) is 0. The first-order valence-corrected chi connectivity index (χ1v) is 17.1. The molecule has 0 atom stereocenters. The summed E-state index contributed by atoms with van der Waals surface area (Å²) in [7, 11) is 0. The smallest absolute Gasteiger partial charge is 0.0847 e. The zero-order valence-corrected chi connectivity index (χ0v) is 31.8. The van der Waals surface area contributed by atoms with E-state index in [1.807, 2.05) is 42.7 Å². The molecule has 255 valence electrons. The van der Waals surface area contributed by atoms with Crippen molar-refractivity contribution in [1.82, 2.24) is 15.0 Å². The van der Waals surface area contributed by atoms with Gasteiger partial charge in [-0.05, 0) is 76.3 Å². The van der Waals surface area contributed by atoms with Crippen LogP contribution in [0.15, 0.2) is 145 Å². The molecule has 0 fully saturated rings. The van der Waals surface area contributed by atoms with E-state index in [-0.39, 0.29) is 20.1 Å². The molecule has 0 unspecified atom stereocenters. The van der Waals surface area contributed by atoms with Crippen LogP contribution in [0.2, 0.25) is 0 Å². The third-order valence-electron chi connectivity index (χ3n) is 9.60. The fourth-order valence-electron chi connectivity index (χ4n) is 6.42. The molecule has 4 heterocycles. The molecule has 5 aromatic carbocycles. The Balaban J connectivity index is 0.000000209. The van der Waals surface area contributed by atoms with Gasteiger partial charge in [0.15, 0.2) is 0 Å². The van der Waals surface area contributed by atoms with Crippen LogP contribution in [-0.4, -0.2) is 15.0 Å². The van der Waals surface area contributed by atoms with Crippen LogP contribution < -0.4 is 0 Å². The number of aryl methyl sites for hydroxylation is 4. The fourth-order valence-corrected chi connectivity index (χ4v) is 6.42. The molecular weight excluding hydrogens is 815 g/mol. The van der Waals surface area contributed by atoms with Gasteiger partial charge in [-0.3, -0.25) is 9.97 Å². The zero-order valence-electron chi connectivity index (χ0n) is 29.4. The van der Waals surface area contributed by atoms with Gasteiger partial charge in [-0.15, -0.1) is 41.0 Å². The summed E-state index contributed by atoms with van der Waals surface area (Å²) in [4.78, 5) is 13.9. The van der Waals surface area contributed by atoms with Crippen LogP contribution in [0.3, 0.4) is 0 Å². The number of furan rings is 1. The maximum absolute atomic E-state index is 5.71. The van der Waals surface area contributed by atoms with Crippen molar-refractivity contribution in [2.24, 2.45) is 0 Å². The minimum atomic E-state index is 0. The van der Waals surface area contributed by atoms with E-state index in [1.54, 1.807) is 12.5 Å². The Labute approximate surface area is 317 Å². The number of nitrogens with zero attached hydrogens (tertiary/aromatic N) is 3. The summed E-state index contributed by atoms with van der Waals surface area (Å²) < 4.78 is 5.71. The van der Waals surface area contributed by atoms with Crippen molar-refractivity contribution in [3.8, 4) is 44.8 Å². The van der Waals surface area contributed by atoms with Crippen molar-refractivity contribution in [2.45, 2.75) is 27.7 Å². The molecule has 4 nitrogen and oxygen atoms in total. The van der Waals surface area contributed by atoms with E-state index >= 15 is 0 Å². The molecule has 0 aliphatic carbocycles. The summed E-state index contributed by atoms with van der Waals surface area (Å²) in [5.41, 5.74) is 15.1. The van der Waals surface area contributed by atoms with Gasteiger partial charge >= 0.3 is 0 Å². The molecule has 5 heteroatoms. The summed E-state index contributed by atoms with van der Waals surface area (Å²) >= 11 is 0. The van der Waals surface area contributed by atoms with Crippen LogP contribution in [0.4, 0.5) is 0 Å². The minimum Gasteiger partial charge on any atom is -0.506 e. The number of pyridine rings is 3. The average Bonchev–Trinajstić information content (AvgIpc) is 3.66. The summed E-state index contributed by atoms with van der Waals surface area (Å²) in [5, 5.41) is 4.28. The molecule has 9 aromatic rings. The van der Waals surface area contributed by atoms with E-state index in [2.05, 4.69) is 135 Å². The van der Waals surface area contributed by atoms with Crippen LogP contribution in [0, 0.1) is 39.8 Å². The topological polar surface area (TPSA) is 51.8 Å². The van der Waals surface area contributed by atoms with Crippen molar-refractivity contribution < 1.29 is 24.5 Å². The van der Waals surface area contributed by atoms with Gasteiger partial charge in [-0.1, -0.05) is 121 Å². The Bertz CT molecular complexity index is 2650. The monoisotopic (exact) mass is 850 g/mol. The molecule has 0 saturated heterocycles. The predicted molar refractivity (Wildman–Crippen MR) is 209 cm³/mol. The molecule has 4 aromatic heterocycles. The van der Waals surface area contributed by atoms with E-state index in [9.17, 15) is 0 Å². The first kappa shape index (κ1) is 34.7. The number of aromatic nitrogens is 3. The SMILES string of the molecule is Cc1c[c-]c(-c2cc(C)c(C)cn2)cc1C.[Ir].[c-]1c(-c2ncccc2-c2ccc3cc(-c4ccccc4)ccc3c2)c2cccnc2c2occc12. The second kappa shape index (κ2) is 14.9. The van der Waals surface area contributed by atoms with Crippen molar-refractivity contribution in [3.05, 3.63) is 175 Å². The number of rotatable bonds is 4. The van der Waals surface area contributed by atoms with E-state index in [4.69, 9.17) is 9.40 Å². The second-order valence-electron chi connectivity index (χ2n) is 13.0. The second-order valence-corrected chi connectivity index (χ2v) is 13.0.